The number of carbonyl (C=O) groups is 3. The topological polar surface area (TPSA) is 125 Å². The van der Waals surface area contributed by atoms with E-state index >= 15 is 0 Å². The van der Waals surface area contributed by atoms with Gasteiger partial charge in [0.1, 0.15) is 22.5 Å². The molecule has 0 fully saturated rings. The van der Waals surface area contributed by atoms with Crippen molar-refractivity contribution in [3.8, 4) is 0 Å². The number of aromatic nitrogens is 4. The Balaban J connectivity index is 0.000000343. The van der Waals surface area contributed by atoms with E-state index in [4.69, 9.17) is 14.2 Å². The third-order valence-electron chi connectivity index (χ3n) is 2.90. The maximum absolute atomic E-state index is 11.7. The standard InChI is InChI=1S/C13H20N2O4.C8H12N2O2/c1-12(2,3)18-10(16)9-7-8-15(14-9)11(17)19-13(4,5)6;1-8(2,3)12-7(11)6-4-5-9-10-6/h7-8H,1-6H3;4-5H,1-3H3,(H,9,10). The van der Waals surface area contributed by atoms with Crippen molar-refractivity contribution in [2.24, 2.45) is 0 Å². The molecular formula is C21H32N4O6. The molecule has 1 N–H and O–H groups in total. The molecule has 10 nitrogen and oxygen atoms in total. The average Bonchev–Trinajstić information content (AvgIpc) is 3.23. The molecule has 2 heterocycles. The Morgan fingerprint density at radius 3 is 1.77 bits per heavy atom. The van der Waals surface area contributed by atoms with Crippen molar-refractivity contribution in [3.63, 3.8) is 0 Å². The van der Waals surface area contributed by atoms with Gasteiger partial charge in [-0.25, -0.2) is 14.4 Å². The Morgan fingerprint density at radius 1 is 0.806 bits per heavy atom. The van der Waals surface area contributed by atoms with Crippen LogP contribution < -0.4 is 0 Å². The van der Waals surface area contributed by atoms with Gasteiger partial charge < -0.3 is 14.2 Å². The van der Waals surface area contributed by atoms with Gasteiger partial charge >= 0.3 is 18.0 Å². The lowest BCUT2D eigenvalue weighted by Gasteiger charge is -2.19. The smallest absolute Gasteiger partial charge is 0.435 e. The summed E-state index contributed by atoms with van der Waals surface area (Å²) in [6.45, 7) is 16.0. The summed E-state index contributed by atoms with van der Waals surface area (Å²) in [6.07, 6.45) is 2.24. The number of ether oxygens (including phenoxy) is 3. The molecule has 31 heavy (non-hydrogen) atoms. The van der Waals surface area contributed by atoms with Crippen molar-refractivity contribution < 1.29 is 28.6 Å². The van der Waals surface area contributed by atoms with Crippen LogP contribution in [0.2, 0.25) is 0 Å². The minimum Gasteiger partial charge on any atom is -0.455 e. The van der Waals surface area contributed by atoms with E-state index in [9.17, 15) is 14.4 Å². The van der Waals surface area contributed by atoms with Crippen LogP contribution in [0.25, 0.3) is 0 Å². The van der Waals surface area contributed by atoms with E-state index in [0.717, 1.165) is 4.68 Å². The lowest BCUT2D eigenvalue weighted by atomic mass is 10.2. The van der Waals surface area contributed by atoms with Crippen molar-refractivity contribution >= 4 is 18.0 Å². The van der Waals surface area contributed by atoms with Crippen LogP contribution in [0.1, 0.15) is 83.3 Å². The fraction of sp³-hybridized carbons (Fsp3) is 0.571. The Bertz CT molecular complexity index is 838. The maximum atomic E-state index is 11.7. The second-order valence-electron chi connectivity index (χ2n) is 9.60. The van der Waals surface area contributed by atoms with Crippen LogP contribution in [0.15, 0.2) is 24.5 Å². The fourth-order valence-electron chi connectivity index (χ4n) is 1.88. The van der Waals surface area contributed by atoms with Gasteiger partial charge in [-0.05, 0) is 74.4 Å². The highest BCUT2D eigenvalue weighted by molar-refractivity contribution is 5.88. The van der Waals surface area contributed by atoms with E-state index in [0.29, 0.717) is 5.69 Å². The minimum absolute atomic E-state index is 0.0702. The van der Waals surface area contributed by atoms with E-state index in [-0.39, 0.29) is 11.7 Å². The number of nitrogens with zero attached hydrogens (tertiary/aromatic N) is 3. The van der Waals surface area contributed by atoms with Crippen LogP contribution in [0.4, 0.5) is 4.79 Å². The molecule has 0 unspecified atom stereocenters. The highest BCUT2D eigenvalue weighted by atomic mass is 16.6. The van der Waals surface area contributed by atoms with Crippen molar-refractivity contribution in [2.45, 2.75) is 79.1 Å². The molecule has 2 rings (SSSR count). The molecule has 0 radical (unpaired) electrons. The van der Waals surface area contributed by atoms with Crippen LogP contribution in [0, 0.1) is 0 Å². The van der Waals surface area contributed by atoms with Crippen molar-refractivity contribution in [3.05, 3.63) is 35.9 Å². The second kappa shape index (κ2) is 9.76. The molecule has 0 atom stereocenters. The summed E-state index contributed by atoms with van der Waals surface area (Å²) < 4.78 is 16.3. The number of aromatic amines is 1. The molecule has 0 aliphatic carbocycles. The average molecular weight is 437 g/mol. The van der Waals surface area contributed by atoms with E-state index in [2.05, 4.69) is 15.3 Å². The maximum Gasteiger partial charge on any atom is 0.435 e. The molecule has 172 valence electrons. The summed E-state index contributed by atoms with van der Waals surface area (Å²) in [7, 11) is 0. The molecule has 0 saturated heterocycles. The Labute approximate surface area is 182 Å². The Morgan fingerprint density at radius 2 is 1.32 bits per heavy atom. The number of hydrogen-bond acceptors (Lipinski definition) is 8. The van der Waals surface area contributed by atoms with Gasteiger partial charge in [-0.15, -0.1) is 0 Å². The monoisotopic (exact) mass is 436 g/mol. The zero-order valence-electron chi connectivity index (χ0n) is 19.6. The molecule has 0 saturated carbocycles. The van der Waals surface area contributed by atoms with Crippen LogP contribution >= 0.6 is 0 Å². The van der Waals surface area contributed by atoms with Gasteiger partial charge in [0.25, 0.3) is 0 Å². The van der Waals surface area contributed by atoms with Gasteiger partial charge in [0.05, 0.1) is 0 Å². The predicted molar refractivity (Wildman–Crippen MR) is 113 cm³/mol. The summed E-state index contributed by atoms with van der Waals surface area (Å²) in [5, 5.41) is 10.0. The van der Waals surface area contributed by atoms with Crippen molar-refractivity contribution in [2.75, 3.05) is 0 Å². The van der Waals surface area contributed by atoms with Gasteiger partial charge in [-0.1, -0.05) is 0 Å². The Hall–Kier alpha value is -3.17. The third-order valence-corrected chi connectivity index (χ3v) is 2.90. The summed E-state index contributed by atoms with van der Waals surface area (Å²) in [5.74, 6) is -0.949. The van der Waals surface area contributed by atoms with Crippen molar-refractivity contribution in [1.29, 1.82) is 0 Å². The molecule has 0 aliphatic rings. The first kappa shape index (κ1) is 25.9. The number of H-pyrrole nitrogens is 1. The van der Waals surface area contributed by atoms with Crippen LogP contribution in [0.5, 0.6) is 0 Å². The molecule has 10 heteroatoms. The van der Waals surface area contributed by atoms with Crippen LogP contribution in [0.3, 0.4) is 0 Å². The zero-order chi connectivity index (χ0) is 24.0. The highest BCUT2D eigenvalue weighted by Gasteiger charge is 2.23. The molecule has 2 aromatic rings. The molecule has 0 aliphatic heterocycles. The zero-order valence-corrected chi connectivity index (χ0v) is 19.6. The third kappa shape index (κ3) is 10.4. The number of rotatable bonds is 2. The molecule has 0 spiro atoms. The van der Waals surface area contributed by atoms with Gasteiger partial charge in [0.15, 0.2) is 5.69 Å². The molecule has 2 aromatic heterocycles. The number of carbonyl (C=O) groups excluding carboxylic acids is 3. The van der Waals surface area contributed by atoms with Crippen molar-refractivity contribution in [1.82, 2.24) is 20.0 Å². The van der Waals surface area contributed by atoms with E-state index in [1.165, 1.54) is 18.5 Å². The minimum atomic E-state index is -0.637. The molecule has 0 bridgehead atoms. The summed E-state index contributed by atoms with van der Waals surface area (Å²) >= 11 is 0. The molecule has 0 amide bonds. The lowest BCUT2D eigenvalue weighted by Crippen LogP contribution is -2.28. The SMILES string of the molecule is CC(C)(C)OC(=O)c1ccn(C(=O)OC(C)(C)C)n1.CC(C)(C)OC(=O)c1ccn[nH]1. The fourth-order valence-corrected chi connectivity index (χ4v) is 1.88. The largest absolute Gasteiger partial charge is 0.455 e. The van der Waals surface area contributed by atoms with Gasteiger partial charge in [-0.3, -0.25) is 5.10 Å². The summed E-state index contributed by atoms with van der Waals surface area (Å²) in [6, 6.07) is 2.99. The number of hydrogen-bond donors (Lipinski definition) is 1. The Kier molecular flexibility index (Phi) is 8.14. The normalized spacial score (nSPS) is 11.8. The first-order valence-electron chi connectivity index (χ1n) is 9.72. The first-order valence-corrected chi connectivity index (χ1v) is 9.72. The van der Waals surface area contributed by atoms with Crippen LogP contribution in [-0.4, -0.2) is 54.8 Å². The van der Waals surface area contributed by atoms with Gasteiger partial charge in [0, 0.05) is 12.4 Å². The summed E-state index contributed by atoms with van der Waals surface area (Å²) in [5.41, 5.74) is -1.23. The van der Waals surface area contributed by atoms with Gasteiger partial charge in [-0.2, -0.15) is 14.9 Å². The predicted octanol–water partition coefficient (Wildman–Crippen LogP) is 3.99. The number of nitrogens with one attached hydrogen (secondary N) is 1. The van der Waals surface area contributed by atoms with E-state index in [1.807, 2.05) is 20.8 Å². The number of esters is 2. The molecular weight excluding hydrogens is 404 g/mol. The van der Waals surface area contributed by atoms with Gasteiger partial charge in [0.2, 0.25) is 0 Å². The van der Waals surface area contributed by atoms with Crippen LogP contribution in [-0.2, 0) is 14.2 Å². The first-order chi connectivity index (χ1) is 14.0. The molecule has 0 aromatic carbocycles. The lowest BCUT2D eigenvalue weighted by molar-refractivity contribution is 0.00496. The summed E-state index contributed by atoms with van der Waals surface area (Å²) in [4.78, 5) is 34.7. The highest BCUT2D eigenvalue weighted by Crippen LogP contribution is 2.12. The second-order valence-corrected chi connectivity index (χ2v) is 9.60. The quantitative estimate of drug-likeness (QED) is 0.553. The van der Waals surface area contributed by atoms with E-state index < -0.39 is 28.9 Å². The van der Waals surface area contributed by atoms with E-state index in [1.54, 1.807) is 47.6 Å².